The van der Waals surface area contributed by atoms with Gasteiger partial charge in [0.05, 0.1) is 0 Å². The molecule has 1 aromatic rings. The molecule has 0 radical (unpaired) electrons. The van der Waals surface area contributed by atoms with Gasteiger partial charge in [-0.1, -0.05) is 41.4 Å². The molecule has 0 amide bonds. The van der Waals surface area contributed by atoms with E-state index in [0.717, 1.165) is 5.92 Å². The quantitative estimate of drug-likeness (QED) is 0.819. The van der Waals surface area contributed by atoms with Crippen molar-refractivity contribution in [1.29, 1.82) is 0 Å². The van der Waals surface area contributed by atoms with E-state index in [9.17, 15) is 0 Å². The fourth-order valence-electron chi connectivity index (χ4n) is 2.96. The minimum absolute atomic E-state index is 0.450. The molecule has 2 heteroatoms. The molecule has 1 atom stereocenters. The van der Waals surface area contributed by atoms with E-state index >= 15 is 0 Å². The number of halogens is 1. The van der Waals surface area contributed by atoms with Crippen molar-refractivity contribution >= 4 is 15.9 Å². The van der Waals surface area contributed by atoms with Crippen LogP contribution in [0.2, 0.25) is 0 Å². The van der Waals surface area contributed by atoms with Crippen LogP contribution in [0.1, 0.15) is 57.6 Å². The normalized spacial score (nSPS) is 25.9. The van der Waals surface area contributed by atoms with Crippen LogP contribution in [0.5, 0.6) is 0 Å². The Hall–Kier alpha value is -0.340. The van der Waals surface area contributed by atoms with Gasteiger partial charge >= 0.3 is 0 Å². The van der Waals surface area contributed by atoms with Crippen molar-refractivity contribution in [3.05, 3.63) is 34.3 Å². The minimum Gasteiger partial charge on any atom is -0.307 e. The number of benzene rings is 1. The Kier molecular flexibility index (Phi) is 5.25. The summed E-state index contributed by atoms with van der Waals surface area (Å²) in [5.41, 5.74) is 1.38. The lowest BCUT2D eigenvalue weighted by Gasteiger charge is -2.31. The Morgan fingerprint density at radius 3 is 2.61 bits per heavy atom. The predicted octanol–water partition coefficient (Wildman–Crippen LogP) is 5.07. The number of hydrogen-bond donors (Lipinski definition) is 1. The highest BCUT2D eigenvalue weighted by molar-refractivity contribution is 9.10. The molecule has 0 heterocycles. The molecule has 1 aromatic carbocycles. The summed E-state index contributed by atoms with van der Waals surface area (Å²) in [6.07, 6.45) is 6.85. The molecule has 1 aliphatic carbocycles. The lowest BCUT2D eigenvalue weighted by molar-refractivity contribution is 0.273. The van der Waals surface area contributed by atoms with Crippen LogP contribution in [0.3, 0.4) is 0 Å². The van der Waals surface area contributed by atoms with E-state index in [1.165, 1.54) is 42.1 Å². The molecule has 1 N–H and O–H groups in total. The summed E-state index contributed by atoms with van der Waals surface area (Å²) in [4.78, 5) is 0. The van der Waals surface area contributed by atoms with Crippen molar-refractivity contribution < 1.29 is 0 Å². The third-order valence-electron chi connectivity index (χ3n) is 4.26. The third kappa shape index (κ3) is 3.83. The van der Waals surface area contributed by atoms with Gasteiger partial charge in [-0.25, -0.2) is 0 Å². The lowest BCUT2D eigenvalue weighted by atomic mass is 9.84. The first-order chi connectivity index (χ1) is 8.69. The van der Waals surface area contributed by atoms with Crippen LogP contribution in [0.25, 0.3) is 0 Å². The Morgan fingerprint density at radius 1 is 1.28 bits per heavy atom. The largest absolute Gasteiger partial charge is 0.307 e. The molecule has 1 nitrogen and oxygen atoms in total. The molecule has 0 saturated heterocycles. The summed E-state index contributed by atoms with van der Waals surface area (Å²) in [7, 11) is 0. The zero-order valence-corrected chi connectivity index (χ0v) is 13.0. The lowest BCUT2D eigenvalue weighted by Crippen LogP contribution is -2.34. The summed E-state index contributed by atoms with van der Waals surface area (Å²) in [6.45, 7) is 4.59. The highest BCUT2D eigenvalue weighted by Gasteiger charge is 2.21. The summed E-state index contributed by atoms with van der Waals surface area (Å²) in [6, 6.07) is 9.79. The van der Waals surface area contributed by atoms with Crippen molar-refractivity contribution in [3.8, 4) is 0 Å². The van der Waals surface area contributed by atoms with Crippen LogP contribution in [0, 0.1) is 5.92 Å². The molecule has 2 rings (SSSR count). The molecule has 0 aromatic heterocycles. The second kappa shape index (κ2) is 6.72. The minimum atomic E-state index is 0.450. The maximum absolute atomic E-state index is 3.79. The third-order valence-corrected chi connectivity index (χ3v) is 4.75. The Labute approximate surface area is 119 Å². The summed E-state index contributed by atoms with van der Waals surface area (Å²) < 4.78 is 1.17. The first kappa shape index (κ1) is 14.1. The van der Waals surface area contributed by atoms with E-state index in [2.05, 4.69) is 59.4 Å². The molecule has 1 saturated carbocycles. The van der Waals surface area contributed by atoms with E-state index < -0.39 is 0 Å². The zero-order chi connectivity index (χ0) is 13.0. The molecule has 1 fully saturated rings. The summed E-state index contributed by atoms with van der Waals surface area (Å²) in [5, 5.41) is 3.79. The number of nitrogens with one attached hydrogen (secondary N) is 1. The van der Waals surface area contributed by atoms with Crippen LogP contribution in [0.15, 0.2) is 28.7 Å². The average Bonchev–Trinajstić information content (AvgIpc) is 2.39. The van der Waals surface area contributed by atoms with Gasteiger partial charge in [-0.2, -0.15) is 0 Å². The van der Waals surface area contributed by atoms with Gasteiger partial charge in [0.15, 0.2) is 0 Å². The van der Waals surface area contributed by atoms with Crippen molar-refractivity contribution in [2.24, 2.45) is 5.92 Å². The monoisotopic (exact) mass is 309 g/mol. The fraction of sp³-hybridized carbons (Fsp3) is 0.625. The molecule has 1 unspecified atom stereocenters. The number of rotatable bonds is 4. The second-order valence-corrected chi connectivity index (χ2v) is 6.48. The van der Waals surface area contributed by atoms with E-state index in [0.29, 0.717) is 12.1 Å². The van der Waals surface area contributed by atoms with E-state index in [-0.39, 0.29) is 0 Å². The van der Waals surface area contributed by atoms with Crippen LogP contribution >= 0.6 is 15.9 Å². The molecule has 0 aliphatic heterocycles. The van der Waals surface area contributed by atoms with Gasteiger partial charge in [0, 0.05) is 16.6 Å². The van der Waals surface area contributed by atoms with Crippen molar-refractivity contribution in [2.75, 3.05) is 0 Å². The number of hydrogen-bond acceptors (Lipinski definition) is 1. The zero-order valence-electron chi connectivity index (χ0n) is 11.5. The molecule has 0 spiro atoms. The van der Waals surface area contributed by atoms with Crippen LogP contribution < -0.4 is 5.32 Å². The molecule has 18 heavy (non-hydrogen) atoms. The van der Waals surface area contributed by atoms with Gasteiger partial charge in [0.1, 0.15) is 0 Å². The second-order valence-electron chi connectivity index (χ2n) is 5.57. The average molecular weight is 310 g/mol. The fourth-order valence-corrected chi connectivity index (χ4v) is 3.38. The topological polar surface area (TPSA) is 12.0 Å². The first-order valence-corrected chi connectivity index (χ1v) is 8.00. The standard InChI is InChI=1S/C16H24BrN/c1-3-13-7-9-16(10-8-13)18-12(2)14-5-4-6-15(17)11-14/h4-6,11-13,16,18H,3,7-10H2,1-2H3. The van der Waals surface area contributed by atoms with E-state index in [1.54, 1.807) is 0 Å². The van der Waals surface area contributed by atoms with Crippen molar-refractivity contribution in [2.45, 2.75) is 58.0 Å². The predicted molar refractivity (Wildman–Crippen MR) is 81.7 cm³/mol. The summed E-state index contributed by atoms with van der Waals surface area (Å²) in [5.74, 6) is 0.976. The molecular weight excluding hydrogens is 286 g/mol. The van der Waals surface area contributed by atoms with Gasteiger partial charge in [-0.15, -0.1) is 0 Å². The SMILES string of the molecule is CCC1CCC(NC(C)c2cccc(Br)c2)CC1. The highest BCUT2D eigenvalue weighted by atomic mass is 79.9. The van der Waals surface area contributed by atoms with Gasteiger partial charge in [-0.3, -0.25) is 0 Å². The highest BCUT2D eigenvalue weighted by Crippen LogP contribution is 2.28. The molecule has 0 bridgehead atoms. The molecular formula is C16H24BrN. The Bertz CT molecular complexity index is 369. The van der Waals surface area contributed by atoms with Gasteiger partial charge < -0.3 is 5.32 Å². The van der Waals surface area contributed by atoms with Crippen molar-refractivity contribution in [3.63, 3.8) is 0 Å². The van der Waals surface area contributed by atoms with Gasteiger partial charge in [0.2, 0.25) is 0 Å². The van der Waals surface area contributed by atoms with Gasteiger partial charge in [-0.05, 0) is 56.2 Å². The van der Waals surface area contributed by atoms with Crippen LogP contribution in [-0.2, 0) is 0 Å². The molecule has 1 aliphatic rings. The maximum atomic E-state index is 3.79. The van der Waals surface area contributed by atoms with Gasteiger partial charge in [0.25, 0.3) is 0 Å². The summed E-state index contributed by atoms with van der Waals surface area (Å²) >= 11 is 3.55. The Morgan fingerprint density at radius 2 is 2.00 bits per heavy atom. The molecule has 100 valence electrons. The van der Waals surface area contributed by atoms with E-state index in [4.69, 9.17) is 0 Å². The van der Waals surface area contributed by atoms with Crippen LogP contribution in [0.4, 0.5) is 0 Å². The first-order valence-electron chi connectivity index (χ1n) is 7.20. The van der Waals surface area contributed by atoms with E-state index in [1.807, 2.05) is 0 Å². The van der Waals surface area contributed by atoms with Crippen molar-refractivity contribution in [1.82, 2.24) is 5.32 Å². The maximum Gasteiger partial charge on any atom is 0.0294 e. The Balaban J connectivity index is 1.86. The smallest absolute Gasteiger partial charge is 0.0294 e. The van der Waals surface area contributed by atoms with Crippen LogP contribution in [-0.4, -0.2) is 6.04 Å².